The molecule has 2 atom stereocenters. The molecule has 0 amide bonds. The van der Waals surface area contributed by atoms with Gasteiger partial charge in [-0.05, 0) is 48.8 Å². The second kappa shape index (κ2) is 4.34. The van der Waals surface area contributed by atoms with E-state index in [1.807, 2.05) is 6.07 Å². The van der Waals surface area contributed by atoms with Crippen molar-refractivity contribution in [1.29, 1.82) is 0 Å². The van der Waals surface area contributed by atoms with Gasteiger partial charge in [0.1, 0.15) is 5.82 Å². The molecule has 16 heavy (non-hydrogen) atoms. The average Bonchev–Trinajstić information content (AvgIpc) is 2.52. The molecule has 1 aliphatic carbocycles. The second-order valence-electron chi connectivity index (χ2n) is 5.24. The van der Waals surface area contributed by atoms with E-state index in [2.05, 4.69) is 6.92 Å². The van der Waals surface area contributed by atoms with Crippen LogP contribution in [0.25, 0.3) is 0 Å². The molecule has 2 unspecified atom stereocenters. The summed E-state index contributed by atoms with van der Waals surface area (Å²) < 4.78 is 13.3. The fourth-order valence-electron chi connectivity index (χ4n) is 2.67. The molecule has 88 valence electrons. The summed E-state index contributed by atoms with van der Waals surface area (Å²) in [7, 11) is 0. The van der Waals surface area contributed by atoms with Gasteiger partial charge in [-0.25, -0.2) is 4.39 Å². The summed E-state index contributed by atoms with van der Waals surface area (Å²) in [6, 6.07) is 5.38. The molecule has 0 spiro atoms. The van der Waals surface area contributed by atoms with Crippen LogP contribution in [0.2, 0.25) is 5.02 Å². The number of hydrogen-bond acceptors (Lipinski definition) is 1. The summed E-state index contributed by atoms with van der Waals surface area (Å²) in [6.07, 6.45) is 4.11. The predicted octanol–water partition coefficient (Wildman–Crippen LogP) is 3.54. The first-order valence-electron chi connectivity index (χ1n) is 5.68. The van der Waals surface area contributed by atoms with Crippen LogP contribution in [0.5, 0.6) is 0 Å². The summed E-state index contributed by atoms with van der Waals surface area (Å²) in [5.74, 6) is -0.329. The van der Waals surface area contributed by atoms with Gasteiger partial charge in [-0.1, -0.05) is 24.6 Å². The van der Waals surface area contributed by atoms with Crippen LogP contribution < -0.4 is 5.73 Å². The molecule has 0 heterocycles. The minimum atomic E-state index is -0.329. The molecule has 0 aliphatic heterocycles. The van der Waals surface area contributed by atoms with Crippen molar-refractivity contribution in [3.63, 3.8) is 0 Å². The van der Waals surface area contributed by atoms with Gasteiger partial charge in [-0.2, -0.15) is 0 Å². The number of rotatable bonds is 2. The van der Waals surface area contributed by atoms with E-state index in [0.717, 1.165) is 31.2 Å². The first-order chi connectivity index (χ1) is 7.48. The van der Waals surface area contributed by atoms with Gasteiger partial charge >= 0.3 is 0 Å². The molecule has 0 saturated heterocycles. The molecule has 1 aromatic rings. The van der Waals surface area contributed by atoms with Crippen LogP contribution in [-0.4, -0.2) is 6.04 Å². The Morgan fingerprint density at radius 3 is 2.88 bits per heavy atom. The van der Waals surface area contributed by atoms with Crippen LogP contribution in [0.3, 0.4) is 0 Å². The minimum absolute atomic E-state index is 0.192. The van der Waals surface area contributed by atoms with Crippen molar-refractivity contribution in [2.45, 2.75) is 38.6 Å². The van der Waals surface area contributed by atoms with Gasteiger partial charge in [0.05, 0.1) is 5.02 Å². The van der Waals surface area contributed by atoms with Gasteiger partial charge in [0.2, 0.25) is 0 Å². The quantitative estimate of drug-likeness (QED) is 0.842. The molecular formula is C13H17ClFN. The van der Waals surface area contributed by atoms with Gasteiger partial charge < -0.3 is 5.73 Å². The Kier molecular flexibility index (Phi) is 3.22. The lowest BCUT2D eigenvalue weighted by molar-refractivity contribution is 0.329. The van der Waals surface area contributed by atoms with Crippen LogP contribution in [0.15, 0.2) is 18.2 Å². The lowest BCUT2D eigenvalue weighted by Crippen LogP contribution is -2.21. The molecule has 1 nitrogen and oxygen atoms in total. The normalized spacial score (nSPS) is 29.6. The third-order valence-electron chi connectivity index (χ3n) is 3.49. The zero-order valence-electron chi connectivity index (χ0n) is 9.47. The molecule has 0 aromatic heterocycles. The van der Waals surface area contributed by atoms with Crippen molar-refractivity contribution in [3.8, 4) is 0 Å². The Balaban J connectivity index is 2.12. The number of halogens is 2. The predicted molar refractivity (Wildman–Crippen MR) is 65.0 cm³/mol. The maximum absolute atomic E-state index is 13.3. The monoisotopic (exact) mass is 241 g/mol. The minimum Gasteiger partial charge on any atom is -0.328 e. The van der Waals surface area contributed by atoms with Gasteiger partial charge in [0.25, 0.3) is 0 Å². The SMILES string of the molecule is CC1(Cc2ccc(Cl)c(F)c2)CCC(N)C1. The third kappa shape index (κ3) is 2.55. The van der Waals surface area contributed by atoms with Crippen LogP contribution >= 0.6 is 11.6 Å². The van der Waals surface area contributed by atoms with E-state index in [9.17, 15) is 4.39 Å². The van der Waals surface area contributed by atoms with E-state index < -0.39 is 0 Å². The number of nitrogens with two attached hydrogens (primary N) is 1. The number of hydrogen-bond donors (Lipinski definition) is 1. The van der Waals surface area contributed by atoms with Crippen molar-refractivity contribution >= 4 is 11.6 Å². The topological polar surface area (TPSA) is 26.0 Å². The molecule has 0 radical (unpaired) electrons. The Labute approximate surface area is 101 Å². The largest absolute Gasteiger partial charge is 0.328 e. The fraction of sp³-hybridized carbons (Fsp3) is 0.538. The van der Waals surface area contributed by atoms with E-state index >= 15 is 0 Å². The van der Waals surface area contributed by atoms with E-state index in [1.165, 1.54) is 6.07 Å². The Morgan fingerprint density at radius 2 is 2.31 bits per heavy atom. The summed E-state index contributed by atoms with van der Waals surface area (Å²) >= 11 is 5.66. The highest BCUT2D eigenvalue weighted by Crippen LogP contribution is 2.40. The highest BCUT2D eigenvalue weighted by Gasteiger charge is 2.33. The molecule has 3 heteroatoms. The zero-order chi connectivity index (χ0) is 11.8. The fourth-order valence-corrected chi connectivity index (χ4v) is 2.79. The van der Waals surface area contributed by atoms with Crippen LogP contribution in [0.1, 0.15) is 31.7 Å². The second-order valence-corrected chi connectivity index (χ2v) is 5.65. The molecular weight excluding hydrogens is 225 g/mol. The zero-order valence-corrected chi connectivity index (χ0v) is 10.2. The highest BCUT2D eigenvalue weighted by molar-refractivity contribution is 6.30. The molecule has 1 saturated carbocycles. The molecule has 0 bridgehead atoms. The summed E-state index contributed by atoms with van der Waals surface area (Å²) in [6.45, 7) is 2.23. The molecule has 1 fully saturated rings. The van der Waals surface area contributed by atoms with Crippen molar-refractivity contribution in [2.24, 2.45) is 11.1 Å². The molecule has 1 aromatic carbocycles. The summed E-state index contributed by atoms with van der Waals surface area (Å²) in [4.78, 5) is 0. The Morgan fingerprint density at radius 1 is 1.56 bits per heavy atom. The molecule has 1 aliphatic rings. The molecule has 2 N–H and O–H groups in total. The number of benzene rings is 1. The maximum Gasteiger partial charge on any atom is 0.142 e. The van der Waals surface area contributed by atoms with Crippen LogP contribution in [0.4, 0.5) is 4.39 Å². The van der Waals surface area contributed by atoms with Crippen molar-refractivity contribution in [3.05, 3.63) is 34.6 Å². The lowest BCUT2D eigenvalue weighted by Gasteiger charge is -2.23. The summed E-state index contributed by atoms with van der Waals surface area (Å²) in [5, 5.41) is 0.192. The van der Waals surface area contributed by atoms with Crippen molar-refractivity contribution < 1.29 is 4.39 Å². The van der Waals surface area contributed by atoms with Gasteiger partial charge in [0, 0.05) is 6.04 Å². The van der Waals surface area contributed by atoms with Gasteiger partial charge in [-0.3, -0.25) is 0 Å². The Bertz CT molecular complexity index is 394. The first-order valence-corrected chi connectivity index (χ1v) is 6.06. The lowest BCUT2D eigenvalue weighted by atomic mass is 9.82. The van der Waals surface area contributed by atoms with E-state index in [-0.39, 0.29) is 16.3 Å². The first kappa shape index (κ1) is 11.9. The van der Waals surface area contributed by atoms with E-state index in [4.69, 9.17) is 17.3 Å². The summed E-state index contributed by atoms with van der Waals surface area (Å²) in [5.41, 5.74) is 7.16. The standard InChI is InChI=1S/C13H17ClFN/c1-13(5-4-10(16)8-13)7-9-2-3-11(14)12(15)6-9/h2-3,6,10H,4-5,7-8,16H2,1H3. The van der Waals surface area contributed by atoms with Crippen molar-refractivity contribution in [2.75, 3.05) is 0 Å². The van der Waals surface area contributed by atoms with E-state index in [1.54, 1.807) is 6.07 Å². The van der Waals surface area contributed by atoms with Crippen LogP contribution in [0, 0.1) is 11.2 Å². The van der Waals surface area contributed by atoms with Gasteiger partial charge in [-0.15, -0.1) is 0 Å². The van der Waals surface area contributed by atoms with E-state index in [0.29, 0.717) is 6.04 Å². The molecule has 2 rings (SSSR count). The van der Waals surface area contributed by atoms with Gasteiger partial charge in [0.15, 0.2) is 0 Å². The Hall–Kier alpha value is -0.600. The van der Waals surface area contributed by atoms with Crippen LogP contribution in [-0.2, 0) is 6.42 Å². The third-order valence-corrected chi connectivity index (χ3v) is 3.80. The smallest absolute Gasteiger partial charge is 0.142 e. The maximum atomic E-state index is 13.3. The average molecular weight is 242 g/mol. The highest BCUT2D eigenvalue weighted by atomic mass is 35.5. The van der Waals surface area contributed by atoms with Crippen molar-refractivity contribution in [1.82, 2.24) is 0 Å².